The van der Waals surface area contributed by atoms with E-state index in [1.165, 1.54) is 35.9 Å². The first-order valence-corrected chi connectivity index (χ1v) is 11.5. The van der Waals surface area contributed by atoms with E-state index in [-0.39, 0.29) is 23.8 Å². The number of anilines is 1. The maximum absolute atomic E-state index is 13.9. The lowest BCUT2D eigenvalue weighted by Gasteiger charge is -2.34. The Kier molecular flexibility index (Phi) is 6.22. The van der Waals surface area contributed by atoms with Crippen LogP contribution in [0.2, 0.25) is 0 Å². The highest BCUT2D eigenvalue weighted by atomic mass is 19.4. The fourth-order valence-corrected chi connectivity index (χ4v) is 4.70. The maximum Gasteiger partial charge on any atom is 0.410 e. The monoisotopic (exact) mass is 487 g/mol. The van der Waals surface area contributed by atoms with Gasteiger partial charge in [0.2, 0.25) is 0 Å². The zero-order chi connectivity index (χ0) is 24.6. The summed E-state index contributed by atoms with van der Waals surface area (Å²) >= 11 is 0. The number of hydrogen-bond acceptors (Lipinski definition) is 4. The molecule has 184 valence electrons. The Bertz CT molecular complexity index is 1170. The van der Waals surface area contributed by atoms with Crippen molar-refractivity contribution in [2.75, 3.05) is 31.5 Å². The molecule has 6 nitrogen and oxygen atoms in total. The molecule has 35 heavy (non-hydrogen) atoms. The molecule has 1 fully saturated rings. The van der Waals surface area contributed by atoms with Gasteiger partial charge >= 0.3 is 6.18 Å². The van der Waals surface area contributed by atoms with E-state index in [1.807, 2.05) is 18.2 Å². The van der Waals surface area contributed by atoms with Crippen LogP contribution in [0.3, 0.4) is 0 Å². The average molecular weight is 488 g/mol. The molecular formula is C25H25F4N5O. The van der Waals surface area contributed by atoms with Gasteiger partial charge in [0, 0.05) is 45.2 Å². The zero-order valence-corrected chi connectivity index (χ0v) is 18.9. The minimum absolute atomic E-state index is 0.0157. The van der Waals surface area contributed by atoms with Gasteiger partial charge in [-0.3, -0.25) is 9.69 Å². The highest BCUT2D eigenvalue weighted by Crippen LogP contribution is 2.43. The van der Waals surface area contributed by atoms with Gasteiger partial charge in [-0.15, -0.1) is 0 Å². The number of carbonyl (C=O) groups is 1. The van der Waals surface area contributed by atoms with Crippen molar-refractivity contribution >= 4 is 11.7 Å². The van der Waals surface area contributed by atoms with Crippen molar-refractivity contribution in [2.45, 2.75) is 31.2 Å². The predicted octanol–water partition coefficient (Wildman–Crippen LogP) is 4.64. The van der Waals surface area contributed by atoms with Crippen LogP contribution >= 0.6 is 0 Å². The molecule has 0 unspecified atom stereocenters. The van der Waals surface area contributed by atoms with Gasteiger partial charge in [0.15, 0.2) is 11.7 Å². The van der Waals surface area contributed by atoms with E-state index in [2.05, 4.69) is 27.4 Å². The SMILES string of the molecule is O=C(c1cc2n(n1)[C@@H](C(F)(F)F)C[C@H](c1ccc(F)cc1)N2)N1CCN(Cc2ccccc2)CC1. The minimum Gasteiger partial charge on any atom is -0.363 e. The predicted molar refractivity (Wildman–Crippen MR) is 122 cm³/mol. The Hall–Kier alpha value is -3.40. The van der Waals surface area contributed by atoms with E-state index in [1.54, 1.807) is 4.90 Å². The second kappa shape index (κ2) is 9.33. The van der Waals surface area contributed by atoms with E-state index in [0.717, 1.165) is 11.2 Å². The lowest BCUT2D eigenvalue weighted by atomic mass is 9.97. The number of amides is 1. The number of rotatable bonds is 4. The number of fused-ring (bicyclic) bond motifs is 1. The lowest BCUT2D eigenvalue weighted by Crippen LogP contribution is -2.48. The molecule has 2 aromatic carbocycles. The summed E-state index contributed by atoms with van der Waals surface area (Å²) in [6.45, 7) is 3.07. The Morgan fingerprint density at radius 1 is 1.00 bits per heavy atom. The van der Waals surface area contributed by atoms with Crippen molar-refractivity contribution in [3.05, 3.63) is 83.3 Å². The van der Waals surface area contributed by atoms with Crippen molar-refractivity contribution in [3.63, 3.8) is 0 Å². The van der Waals surface area contributed by atoms with Crippen LogP contribution in [0.4, 0.5) is 23.4 Å². The summed E-state index contributed by atoms with van der Waals surface area (Å²) < 4.78 is 55.9. The number of nitrogens with one attached hydrogen (secondary N) is 1. The quantitative estimate of drug-likeness (QED) is 0.545. The molecule has 1 amide bonds. The summed E-state index contributed by atoms with van der Waals surface area (Å²) in [5.41, 5.74) is 1.71. The van der Waals surface area contributed by atoms with Crippen LogP contribution in [0, 0.1) is 5.82 Å². The van der Waals surface area contributed by atoms with Crippen LogP contribution in [0.25, 0.3) is 0 Å². The van der Waals surface area contributed by atoms with Crippen LogP contribution in [0.5, 0.6) is 0 Å². The second-order valence-corrected chi connectivity index (χ2v) is 8.95. The van der Waals surface area contributed by atoms with Gasteiger partial charge in [0.1, 0.15) is 11.6 Å². The standard InChI is InChI=1S/C25H25F4N5O/c26-19-8-6-18(7-9-19)20-14-22(25(27,28)29)34-23(30-20)15-21(31-34)24(35)33-12-10-32(11-13-33)16-17-4-2-1-3-5-17/h1-9,15,20,22,30H,10-14,16H2/t20-,22-/m1/s1. The number of aromatic nitrogens is 2. The summed E-state index contributed by atoms with van der Waals surface area (Å²) in [5, 5.41) is 7.12. The van der Waals surface area contributed by atoms with Gasteiger partial charge in [-0.1, -0.05) is 42.5 Å². The number of hydrogen-bond donors (Lipinski definition) is 1. The molecule has 2 aliphatic rings. The van der Waals surface area contributed by atoms with E-state index < -0.39 is 24.1 Å². The lowest BCUT2D eigenvalue weighted by molar-refractivity contribution is -0.173. The molecule has 10 heteroatoms. The molecule has 3 aromatic rings. The van der Waals surface area contributed by atoms with Gasteiger partial charge < -0.3 is 10.2 Å². The van der Waals surface area contributed by atoms with Crippen LogP contribution in [-0.4, -0.2) is 57.8 Å². The van der Waals surface area contributed by atoms with E-state index >= 15 is 0 Å². The van der Waals surface area contributed by atoms with Gasteiger partial charge in [-0.2, -0.15) is 18.3 Å². The average Bonchev–Trinajstić information content (AvgIpc) is 3.28. The molecule has 1 saturated heterocycles. The Morgan fingerprint density at radius 2 is 1.69 bits per heavy atom. The van der Waals surface area contributed by atoms with Gasteiger partial charge in [0.05, 0.1) is 6.04 Å². The number of carbonyl (C=O) groups excluding carboxylic acids is 1. The smallest absolute Gasteiger partial charge is 0.363 e. The molecule has 0 spiro atoms. The van der Waals surface area contributed by atoms with Crippen molar-refractivity contribution in [3.8, 4) is 0 Å². The highest BCUT2D eigenvalue weighted by molar-refractivity contribution is 5.93. The molecule has 5 rings (SSSR count). The summed E-state index contributed by atoms with van der Waals surface area (Å²) in [6, 6.07) is 14.2. The molecule has 1 aromatic heterocycles. The summed E-state index contributed by atoms with van der Waals surface area (Å²) in [4.78, 5) is 17.0. The Morgan fingerprint density at radius 3 is 2.34 bits per heavy atom. The molecule has 0 aliphatic carbocycles. The van der Waals surface area contributed by atoms with Crippen molar-refractivity contribution in [1.82, 2.24) is 19.6 Å². The van der Waals surface area contributed by atoms with Gasteiger partial charge in [-0.05, 0) is 23.3 Å². The first kappa shape index (κ1) is 23.3. The summed E-state index contributed by atoms with van der Waals surface area (Å²) in [7, 11) is 0. The number of benzene rings is 2. The third-order valence-electron chi connectivity index (χ3n) is 6.59. The summed E-state index contributed by atoms with van der Waals surface area (Å²) in [6.07, 6.45) is -4.86. The Balaban J connectivity index is 1.30. The number of halogens is 4. The van der Waals surface area contributed by atoms with Crippen LogP contribution < -0.4 is 5.32 Å². The second-order valence-electron chi connectivity index (χ2n) is 8.95. The number of piperazine rings is 1. The fourth-order valence-electron chi connectivity index (χ4n) is 4.70. The van der Waals surface area contributed by atoms with Crippen LogP contribution in [0.1, 0.15) is 40.1 Å². The molecule has 0 saturated carbocycles. The zero-order valence-electron chi connectivity index (χ0n) is 18.9. The Labute approximate surface area is 200 Å². The van der Waals surface area contributed by atoms with E-state index in [9.17, 15) is 22.4 Å². The first-order chi connectivity index (χ1) is 16.8. The van der Waals surface area contributed by atoms with Gasteiger partial charge in [-0.25, -0.2) is 9.07 Å². The topological polar surface area (TPSA) is 53.4 Å². The molecule has 3 heterocycles. The van der Waals surface area contributed by atoms with Crippen LogP contribution in [-0.2, 0) is 6.54 Å². The number of nitrogens with zero attached hydrogens (tertiary/aromatic N) is 4. The molecule has 0 bridgehead atoms. The highest BCUT2D eigenvalue weighted by Gasteiger charge is 2.47. The van der Waals surface area contributed by atoms with E-state index in [4.69, 9.17) is 0 Å². The minimum atomic E-state index is -4.55. The normalized spacial score (nSPS) is 20.9. The first-order valence-electron chi connectivity index (χ1n) is 11.5. The van der Waals surface area contributed by atoms with Crippen molar-refractivity contribution in [1.29, 1.82) is 0 Å². The third-order valence-corrected chi connectivity index (χ3v) is 6.59. The van der Waals surface area contributed by atoms with Crippen LogP contribution in [0.15, 0.2) is 60.7 Å². The molecule has 0 radical (unpaired) electrons. The maximum atomic E-state index is 13.9. The molecule has 1 N–H and O–H groups in total. The van der Waals surface area contributed by atoms with Crippen molar-refractivity contribution in [2.24, 2.45) is 0 Å². The number of alkyl halides is 3. The molecule has 2 atom stereocenters. The summed E-state index contributed by atoms with van der Waals surface area (Å²) in [5.74, 6) is -0.718. The fraction of sp³-hybridized carbons (Fsp3) is 0.360. The largest absolute Gasteiger partial charge is 0.410 e. The van der Waals surface area contributed by atoms with Gasteiger partial charge in [0.25, 0.3) is 5.91 Å². The molecule has 2 aliphatic heterocycles. The third kappa shape index (κ3) is 5.02. The molecular weight excluding hydrogens is 462 g/mol. The van der Waals surface area contributed by atoms with E-state index in [0.29, 0.717) is 31.7 Å². The van der Waals surface area contributed by atoms with Crippen molar-refractivity contribution < 1.29 is 22.4 Å².